The molecule has 2 heteroatoms. The predicted octanol–water partition coefficient (Wildman–Crippen LogP) is 7.06. The van der Waals surface area contributed by atoms with Gasteiger partial charge in [-0.15, -0.1) is 0 Å². The van der Waals surface area contributed by atoms with Crippen molar-refractivity contribution in [1.29, 1.82) is 0 Å². The molecule has 0 amide bonds. The molecule has 2 aromatic rings. The van der Waals surface area contributed by atoms with E-state index in [2.05, 4.69) is 108 Å². The average Bonchev–Trinajstić information content (AvgIpc) is 3.42. The zero-order valence-corrected chi connectivity index (χ0v) is 24.2. The Morgan fingerprint density at radius 3 is 1.94 bits per heavy atom. The first-order valence-electron chi connectivity index (χ1n) is 14.7. The number of fused-ring (bicyclic) bond motifs is 6. The van der Waals surface area contributed by atoms with Crippen LogP contribution in [0.4, 0.5) is 0 Å². The van der Waals surface area contributed by atoms with Crippen LogP contribution in [0.25, 0.3) is 0 Å². The summed E-state index contributed by atoms with van der Waals surface area (Å²) in [4.78, 5) is 13.1. The van der Waals surface area contributed by atoms with Crippen molar-refractivity contribution in [2.24, 2.45) is 52.8 Å². The van der Waals surface area contributed by atoms with Gasteiger partial charge in [0.05, 0.1) is 0 Å². The third-order valence-electron chi connectivity index (χ3n) is 12.1. The fourth-order valence-electron chi connectivity index (χ4n) is 10.3. The molecule has 0 aliphatic heterocycles. The maximum atomic E-state index is 13.1. The maximum absolute atomic E-state index is 13.1. The van der Waals surface area contributed by atoms with Crippen LogP contribution in [0.1, 0.15) is 67.2 Å². The Bertz CT molecular complexity index is 1100. The van der Waals surface area contributed by atoms with Crippen molar-refractivity contribution in [3.05, 3.63) is 72.3 Å². The van der Waals surface area contributed by atoms with Gasteiger partial charge in [0.1, 0.15) is 0 Å². The van der Waals surface area contributed by atoms with Crippen LogP contribution in [0.15, 0.2) is 72.3 Å². The van der Waals surface area contributed by atoms with Crippen LogP contribution >= 0.6 is 0 Å². The Morgan fingerprint density at radius 1 is 0.889 bits per heavy atom. The third-order valence-corrected chi connectivity index (χ3v) is 16.6. The van der Waals surface area contributed by atoms with E-state index in [1.54, 1.807) is 5.57 Å². The minimum absolute atomic E-state index is 0.214. The van der Waals surface area contributed by atoms with Gasteiger partial charge in [-0.3, -0.25) is 0 Å². The molecule has 1 nitrogen and oxygen atoms in total. The maximum Gasteiger partial charge on any atom is 0.258 e. The van der Waals surface area contributed by atoms with E-state index in [0.29, 0.717) is 17.3 Å². The van der Waals surface area contributed by atoms with Crippen LogP contribution in [0.5, 0.6) is 0 Å². The first-order valence-corrected chi connectivity index (χ1v) is 16.6. The second-order valence-corrected chi connectivity index (χ2v) is 17.7. The fourth-order valence-corrected chi connectivity index (χ4v) is 14.2. The Labute approximate surface area is 220 Å². The van der Waals surface area contributed by atoms with Gasteiger partial charge in [-0.2, -0.15) is 0 Å². The van der Waals surface area contributed by atoms with E-state index in [-0.39, 0.29) is 5.04 Å². The van der Waals surface area contributed by atoms with E-state index < -0.39 is 8.32 Å². The van der Waals surface area contributed by atoms with Crippen molar-refractivity contribution in [2.45, 2.75) is 72.3 Å². The van der Waals surface area contributed by atoms with E-state index in [1.807, 2.05) is 0 Å². The molecule has 4 aliphatic rings. The van der Waals surface area contributed by atoms with Crippen molar-refractivity contribution >= 4 is 18.7 Å². The van der Waals surface area contributed by atoms with E-state index in [0.717, 1.165) is 45.9 Å². The highest BCUT2D eigenvalue weighted by Gasteiger charge is 2.72. The van der Waals surface area contributed by atoms with Crippen molar-refractivity contribution in [1.82, 2.24) is 0 Å². The van der Waals surface area contributed by atoms with Gasteiger partial charge in [0.25, 0.3) is 8.32 Å². The second-order valence-electron chi connectivity index (χ2n) is 13.9. The van der Waals surface area contributed by atoms with Gasteiger partial charge < -0.3 is 4.80 Å². The van der Waals surface area contributed by atoms with Crippen molar-refractivity contribution in [3.63, 3.8) is 0 Å². The SMILES string of the molecule is C/C=C1\C(C(C)(C)[Si](O)(c2ccccc2)c2ccccc2)C[C@H]2[C@H]3[C@@H]([C@H]4C[C@@]4(C)[C@@H]12)[C@@H](C)CC[C@@H]3C. The van der Waals surface area contributed by atoms with Gasteiger partial charge in [0, 0.05) is 0 Å². The molecule has 36 heavy (non-hydrogen) atoms. The molecule has 0 bridgehead atoms. The summed E-state index contributed by atoms with van der Waals surface area (Å²) in [5.74, 6) is 6.31. The van der Waals surface area contributed by atoms with E-state index in [1.165, 1.54) is 25.7 Å². The van der Waals surface area contributed by atoms with Gasteiger partial charge >= 0.3 is 0 Å². The van der Waals surface area contributed by atoms with Crippen molar-refractivity contribution in [3.8, 4) is 0 Å². The standard InChI is InChI=1S/C34H46OSi/c1-7-26-28(20-27-30-22(2)18-19-23(3)31(30)29-21-34(29,6)32(26)27)33(4,5)36(35,24-14-10-8-11-15-24)25-16-12-9-13-17-25/h7-17,22-23,27-32,35H,18-21H2,1-6H3/b26-7+/t22-,23-,27-,28?,29+,30-,31+,32-,34+/m0/s1. The molecule has 4 saturated carbocycles. The lowest BCUT2D eigenvalue weighted by Gasteiger charge is -2.51. The summed E-state index contributed by atoms with van der Waals surface area (Å²) in [7, 11) is -3.06. The molecule has 9 atom stereocenters. The molecule has 0 aromatic heterocycles. The summed E-state index contributed by atoms with van der Waals surface area (Å²) in [5, 5.41) is 2.09. The highest BCUT2D eigenvalue weighted by Crippen LogP contribution is 2.78. The summed E-state index contributed by atoms with van der Waals surface area (Å²) < 4.78 is 0. The lowest BCUT2D eigenvalue weighted by molar-refractivity contribution is -0.0256. The van der Waals surface area contributed by atoms with Crippen LogP contribution in [0.2, 0.25) is 5.04 Å². The number of hydrogen-bond donors (Lipinski definition) is 1. The molecule has 0 spiro atoms. The zero-order chi connectivity index (χ0) is 25.5. The monoisotopic (exact) mass is 498 g/mol. The van der Waals surface area contributed by atoms with Crippen LogP contribution in [-0.4, -0.2) is 13.1 Å². The van der Waals surface area contributed by atoms with Crippen molar-refractivity contribution < 1.29 is 4.80 Å². The molecular formula is C34H46OSi. The molecule has 6 rings (SSSR count). The van der Waals surface area contributed by atoms with E-state index >= 15 is 0 Å². The summed E-state index contributed by atoms with van der Waals surface area (Å²) in [6.07, 6.45) is 8.01. The first kappa shape index (κ1) is 24.7. The molecular weight excluding hydrogens is 452 g/mol. The third kappa shape index (κ3) is 3.22. The Kier molecular flexibility index (Phi) is 5.78. The summed E-state index contributed by atoms with van der Waals surface area (Å²) in [6, 6.07) is 21.4. The lowest BCUT2D eigenvalue weighted by atomic mass is 9.53. The highest BCUT2D eigenvalue weighted by atomic mass is 28.4. The molecule has 4 aliphatic carbocycles. The van der Waals surface area contributed by atoms with Gasteiger partial charge in [0.15, 0.2) is 0 Å². The van der Waals surface area contributed by atoms with Crippen LogP contribution in [0.3, 0.4) is 0 Å². The largest absolute Gasteiger partial charge is 0.424 e. The first-order chi connectivity index (χ1) is 17.2. The Morgan fingerprint density at radius 2 is 1.42 bits per heavy atom. The van der Waals surface area contributed by atoms with Gasteiger partial charge in [-0.05, 0) is 87.9 Å². The Hall–Kier alpha value is -1.64. The highest BCUT2D eigenvalue weighted by molar-refractivity contribution is 6.98. The van der Waals surface area contributed by atoms with Crippen molar-refractivity contribution in [2.75, 3.05) is 0 Å². The smallest absolute Gasteiger partial charge is 0.258 e. The summed E-state index contributed by atoms with van der Waals surface area (Å²) >= 11 is 0. The Balaban J connectivity index is 1.47. The molecule has 0 saturated heterocycles. The topological polar surface area (TPSA) is 20.2 Å². The molecule has 2 aromatic carbocycles. The molecule has 1 unspecified atom stereocenters. The predicted molar refractivity (Wildman–Crippen MR) is 154 cm³/mol. The quantitative estimate of drug-likeness (QED) is 0.353. The number of hydrogen-bond acceptors (Lipinski definition) is 1. The van der Waals surface area contributed by atoms with Gasteiger partial charge in [0.2, 0.25) is 0 Å². The second kappa shape index (κ2) is 8.43. The molecule has 0 radical (unpaired) electrons. The number of rotatable bonds is 4. The van der Waals surface area contributed by atoms with E-state index in [4.69, 9.17) is 0 Å². The minimum atomic E-state index is -3.06. The van der Waals surface area contributed by atoms with Crippen LogP contribution in [-0.2, 0) is 0 Å². The molecule has 0 heterocycles. The van der Waals surface area contributed by atoms with Gasteiger partial charge in [-0.25, -0.2) is 0 Å². The summed E-state index contributed by atoms with van der Waals surface area (Å²) in [6.45, 7) is 14.9. The van der Waals surface area contributed by atoms with Gasteiger partial charge in [-0.1, -0.05) is 120 Å². The number of benzene rings is 2. The summed E-state index contributed by atoms with van der Waals surface area (Å²) in [5.41, 5.74) is 2.17. The minimum Gasteiger partial charge on any atom is -0.424 e. The zero-order valence-electron chi connectivity index (χ0n) is 23.2. The van der Waals surface area contributed by atoms with E-state index in [9.17, 15) is 4.80 Å². The molecule has 192 valence electrons. The fraction of sp³-hybridized carbons (Fsp3) is 0.588. The number of allylic oxidation sites excluding steroid dienone is 2. The molecule has 4 fully saturated rings. The molecule has 1 N–H and O–H groups in total. The van der Waals surface area contributed by atoms with Crippen LogP contribution < -0.4 is 10.4 Å². The normalized spacial score (nSPS) is 40.9. The average molecular weight is 499 g/mol. The van der Waals surface area contributed by atoms with Crippen LogP contribution in [0, 0.1) is 52.8 Å². The lowest BCUT2D eigenvalue weighted by Crippen LogP contribution is -2.67.